The van der Waals surface area contributed by atoms with Crippen LogP contribution in [0.25, 0.3) is 0 Å². The van der Waals surface area contributed by atoms with Crippen LogP contribution in [0.1, 0.15) is 5.56 Å². The number of likely N-dealkylation sites (N-methyl/N-ethyl adjacent to an activating group) is 1. The highest BCUT2D eigenvalue weighted by Crippen LogP contribution is 2.23. The molecule has 92 valence electrons. The molecular weight excluding hydrogens is 288 g/mol. The molecule has 1 unspecified atom stereocenters. The first-order valence-electron chi connectivity index (χ1n) is 4.92. The van der Waals surface area contributed by atoms with E-state index in [2.05, 4.69) is 26.6 Å². The SMILES string of the molecule is CNC(C(=O)O)C(=O)Nc1ccc(C)cc1Br. The summed E-state index contributed by atoms with van der Waals surface area (Å²) in [6, 6.07) is 4.12. The standard InChI is InChI=1S/C11H13BrN2O3/c1-6-3-4-8(7(12)5-6)14-10(15)9(13-2)11(16)17/h3-5,9,13H,1-2H3,(H,14,15)(H,16,17). The van der Waals surface area contributed by atoms with Crippen LogP contribution in [0.2, 0.25) is 0 Å². The molecule has 1 amide bonds. The average Bonchev–Trinajstić information content (AvgIpc) is 2.22. The van der Waals surface area contributed by atoms with E-state index in [0.717, 1.165) is 5.56 Å². The van der Waals surface area contributed by atoms with Crippen molar-refractivity contribution in [1.29, 1.82) is 0 Å². The van der Waals surface area contributed by atoms with Crippen molar-refractivity contribution in [2.24, 2.45) is 0 Å². The molecule has 0 fully saturated rings. The molecule has 1 atom stereocenters. The van der Waals surface area contributed by atoms with Gasteiger partial charge in [0.05, 0.1) is 5.69 Å². The summed E-state index contributed by atoms with van der Waals surface area (Å²) in [4.78, 5) is 22.4. The van der Waals surface area contributed by atoms with E-state index in [0.29, 0.717) is 10.2 Å². The molecule has 0 aromatic heterocycles. The molecule has 0 aliphatic heterocycles. The predicted molar refractivity (Wildman–Crippen MR) is 68.0 cm³/mol. The fraction of sp³-hybridized carbons (Fsp3) is 0.273. The number of hydrogen-bond donors (Lipinski definition) is 3. The predicted octanol–water partition coefficient (Wildman–Crippen LogP) is 1.37. The van der Waals surface area contributed by atoms with Crippen LogP contribution in [0.3, 0.4) is 0 Å². The number of nitrogens with one attached hydrogen (secondary N) is 2. The van der Waals surface area contributed by atoms with Crippen LogP contribution >= 0.6 is 15.9 Å². The third-order valence-electron chi connectivity index (χ3n) is 2.18. The van der Waals surface area contributed by atoms with E-state index < -0.39 is 17.9 Å². The summed E-state index contributed by atoms with van der Waals surface area (Å²) in [7, 11) is 1.42. The van der Waals surface area contributed by atoms with Gasteiger partial charge in [-0.05, 0) is 47.6 Å². The molecule has 0 aliphatic carbocycles. The van der Waals surface area contributed by atoms with Gasteiger partial charge in [-0.15, -0.1) is 0 Å². The van der Waals surface area contributed by atoms with Crippen molar-refractivity contribution in [2.75, 3.05) is 12.4 Å². The molecule has 0 heterocycles. The molecule has 0 spiro atoms. The number of aryl methyl sites for hydroxylation is 1. The van der Waals surface area contributed by atoms with Crippen LogP contribution in [-0.4, -0.2) is 30.1 Å². The van der Waals surface area contributed by atoms with Crippen LogP contribution in [-0.2, 0) is 9.59 Å². The normalized spacial score (nSPS) is 11.9. The van der Waals surface area contributed by atoms with Crippen LogP contribution < -0.4 is 10.6 Å². The van der Waals surface area contributed by atoms with Crippen molar-refractivity contribution in [1.82, 2.24) is 5.32 Å². The third kappa shape index (κ3) is 3.54. The van der Waals surface area contributed by atoms with Gasteiger partial charge in [-0.2, -0.15) is 0 Å². The minimum atomic E-state index is -1.26. The molecule has 1 rings (SSSR count). The quantitative estimate of drug-likeness (QED) is 0.734. The van der Waals surface area contributed by atoms with Crippen molar-refractivity contribution < 1.29 is 14.7 Å². The molecule has 0 saturated carbocycles. The van der Waals surface area contributed by atoms with Gasteiger partial charge in [0.2, 0.25) is 0 Å². The molecule has 0 bridgehead atoms. The monoisotopic (exact) mass is 300 g/mol. The molecule has 1 aromatic rings. The third-order valence-corrected chi connectivity index (χ3v) is 2.84. The number of carbonyl (C=O) groups is 2. The number of hydrogen-bond acceptors (Lipinski definition) is 3. The Kier molecular flexibility index (Phi) is 4.65. The summed E-state index contributed by atoms with van der Waals surface area (Å²) in [5, 5.41) is 13.8. The maximum absolute atomic E-state index is 11.6. The van der Waals surface area contributed by atoms with Gasteiger partial charge >= 0.3 is 5.97 Å². The van der Waals surface area contributed by atoms with Gasteiger partial charge in [0.25, 0.3) is 5.91 Å². The molecule has 1 aromatic carbocycles. The van der Waals surface area contributed by atoms with E-state index in [1.54, 1.807) is 6.07 Å². The van der Waals surface area contributed by atoms with Crippen molar-refractivity contribution >= 4 is 33.5 Å². The molecule has 6 heteroatoms. The highest BCUT2D eigenvalue weighted by atomic mass is 79.9. The Bertz CT molecular complexity index is 448. The average molecular weight is 301 g/mol. The smallest absolute Gasteiger partial charge is 0.330 e. The molecule has 5 nitrogen and oxygen atoms in total. The van der Waals surface area contributed by atoms with Gasteiger partial charge in [0.1, 0.15) is 0 Å². The fourth-order valence-electron chi connectivity index (χ4n) is 1.29. The Hall–Kier alpha value is -1.40. The second kappa shape index (κ2) is 5.79. The molecule has 0 aliphatic rings. The van der Waals surface area contributed by atoms with Gasteiger partial charge in [0.15, 0.2) is 6.04 Å². The Labute approximate surface area is 107 Å². The number of anilines is 1. The summed E-state index contributed by atoms with van der Waals surface area (Å²) >= 11 is 3.30. The lowest BCUT2D eigenvalue weighted by Gasteiger charge is -2.13. The number of amides is 1. The maximum Gasteiger partial charge on any atom is 0.330 e. The molecule has 17 heavy (non-hydrogen) atoms. The zero-order valence-corrected chi connectivity index (χ0v) is 11.0. The van der Waals surface area contributed by atoms with Gasteiger partial charge in [-0.3, -0.25) is 10.1 Å². The largest absolute Gasteiger partial charge is 0.480 e. The molecule has 0 saturated heterocycles. The van der Waals surface area contributed by atoms with Gasteiger partial charge in [0, 0.05) is 4.47 Å². The molecular formula is C11H13BrN2O3. The lowest BCUT2D eigenvalue weighted by molar-refractivity contribution is -0.142. The van der Waals surface area contributed by atoms with Crippen LogP contribution in [0.15, 0.2) is 22.7 Å². The molecule has 0 radical (unpaired) electrons. The summed E-state index contributed by atoms with van der Waals surface area (Å²) in [6.07, 6.45) is 0. The number of carboxylic acid groups (broad SMARTS) is 1. The van der Waals surface area contributed by atoms with E-state index in [1.165, 1.54) is 7.05 Å². The highest BCUT2D eigenvalue weighted by Gasteiger charge is 2.24. The van der Waals surface area contributed by atoms with E-state index in [1.807, 2.05) is 19.1 Å². The second-order valence-electron chi connectivity index (χ2n) is 3.53. The summed E-state index contributed by atoms with van der Waals surface area (Å²) in [5.74, 6) is -1.82. The Morgan fingerprint density at radius 1 is 1.41 bits per heavy atom. The number of carboxylic acids is 1. The summed E-state index contributed by atoms with van der Waals surface area (Å²) < 4.78 is 0.714. The second-order valence-corrected chi connectivity index (χ2v) is 4.39. The summed E-state index contributed by atoms with van der Waals surface area (Å²) in [6.45, 7) is 1.92. The lowest BCUT2D eigenvalue weighted by atomic mass is 10.2. The topological polar surface area (TPSA) is 78.4 Å². The number of carbonyl (C=O) groups excluding carboxylic acids is 1. The van der Waals surface area contributed by atoms with E-state index in [-0.39, 0.29) is 0 Å². The Balaban J connectivity index is 2.84. The Morgan fingerprint density at radius 3 is 2.53 bits per heavy atom. The minimum absolute atomic E-state index is 0.544. The minimum Gasteiger partial charge on any atom is -0.480 e. The van der Waals surface area contributed by atoms with Crippen LogP contribution in [0, 0.1) is 6.92 Å². The van der Waals surface area contributed by atoms with Crippen LogP contribution in [0.4, 0.5) is 5.69 Å². The van der Waals surface area contributed by atoms with Gasteiger partial charge in [-0.25, -0.2) is 4.79 Å². The van der Waals surface area contributed by atoms with E-state index >= 15 is 0 Å². The first-order valence-corrected chi connectivity index (χ1v) is 5.72. The zero-order valence-electron chi connectivity index (χ0n) is 9.45. The van der Waals surface area contributed by atoms with Crippen molar-refractivity contribution in [3.05, 3.63) is 28.2 Å². The van der Waals surface area contributed by atoms with Crippen LogP contribution in [0.5, 0.6) is 0 Å². The van der Waals surface area contributed by atoms with Gasteiger partial charge in [-0.1, -0.05) is 6.07 Å². The first-order chi connectivity index (χ1) is 7.95. The number of halogens is 1. The van der Waals surface area contributed by atoms with Crippen molar-refractivity contribution in [2.45, 2.75) is 13.0 Å². The number of benzene rings is 1. The molecule has 3 N–H and O–H groups in total. The van der Waals surface area contributed by atoms with Gasteiger partial charge < -0.3 is 10.4 Å². The maximum atomic E-state index is 11.6. The fourth-order valence-corrected chi connectivity index (χ4v) is 1.89. The number of rotatable bonds is 4. The van der Waals surface area contributed by atoms with E-state index in [9.17, 15) is 9.59 Å². The van der Waals surface area contributed by atoms with Crippen molar-refractivity contribution in [3.8, 4) is 0 Å². The van der Waals surface area contributed by atoms with Crippen molar-refractivity contribution in [3.63, 3.8) is 0 Å². The zero-order chi connectivity index (χ0) is 13.0. The first kappa shape index (κ1) is 13.7. The lowest BCUT2D eigenvalue weighted by Crippen LogP contribution is -2.44. The van der Waals surface area contributed by atoms with E-state index in [4.69, 9.17) is 5.11 Å². The highest BCUT2D eigenvalue weighted by molar-refractivity contribution is 9.10. The summed E-state index contributed by atoms with van der Waals surface area (Å²) in [5.41, 5.74) is 1.58. The Morgan fingerprint density at radius 2 is 2.06 bits per heavy atom. The number of aliphatic carboxylic acids is 1.